The van der Waals surface area contributed by atoms with Crippen LogP contribution in [0, 0.1) is 17.6 Å². The lowest BCUT2D eigenvalue weighted by Gasteiger charge is -2.25. The van der Waals surface area contributed by atoms with E-state index in [0.717, 1.165) is 44.7 Å². The van der Waals surface area contributed by atoms with E-state index in [1.807, 2.05) is 6.92 Å². The Bertz CT molecular complexity index is 608. The fourth-order valence-electron chi connectivity index (χ4n) is 3.61. The molecule has 1 aliphatic heterocycles. The van der Waals surface area contributed by atoms with E-state index in [-0.39, 0.29) is 29.9 Å². The number of hydrogen-bond donors (Lipinski definition) is 1. The standard InChI is InChI=1S/C20H32F2N4.HI/c1-5-25(6-2)13-16-9-10-26(14-16)20(23-4)24-12-15(3)18-8-7-17(21)11-19(18)22;/h7-8,11,15-16H,5-6,9-10,12-14H2,1-4H3,(H,23,24);1H. The zero-order valence-electron chi connectivity index (χ0n) is 16.8. The van der Waals surface area contributed by atoms with Crippen LogP contribution >= 0.6 is 24.0 Å². The second kappa shape index (κ2) is 11.8. The van der Waals surface area contributed by atoms with Crippen LogP contribution in [0.4, 0.5) is 8.78 Å². The van der Waals surface area contributed by atoms with Crippen molar-refractivity contribution >= 4 is 29.9 Å². The first-order valence-electron chi connectivity index (χ1n) is 9.61. The number of aliphatic imine (C=N–C) groups is 1. The monoisotopic (exact) mass is 494 g/mol. The lowest BCUT2D eigenvalue weighted by molar-refractivity contribution is 0.255. The SMILES string of the molecule is CCN(CC)CC1CCN(C(=NC)NCC(C)c2ccc(F)cc2F)C1.I. The molecule has 1 heterocycles. The molecule has 0 bridgehead atoms. The third kappa shape index (κ3) is 6.85. The minimum absolute atomic E-state index is 0. The molecule has 0 radical (unpaired) electrons. The maximum absolute atomic E-state index is 13.9. The highest BCUT2D eigenvalue weighted by Crippen LogP contribution is 2.20. The predicted octanol–water partition coefficient (Wildman–Crippen LogP) is 3.93. The molecule has 2 unspecified atom stereocenters. The van der Waals surface area contributed by atoms with Crippen LogP contribution in [0.1, 0.15) is 38.7 Å². The molecule has 154 valence electrons. The van der Waals surface area contributed by atoms with Crippen molar-refractivity contribution < 1.29 is 8.78 Å². The first kappa shape index (κ1) is 24.1. The van der Waals surface area contributed by atoms with Crippen molar-refractivity contribution in [1.82, 2.24) is 15.1 Å². The summed E-state index contributed by atoms with van der Waals surface area (Å²) >= 11 is 0. The zero-order chi connectivity index (χ0) is 19.1. The lowest BCUT2D eigenvalue weighted by atomic mass is 10.0. The van der Waals surface area contributed by atoms with E-state index >= 15 is 0 Å². The molecule has 0 aliphatic carbocycles. The Balaban J connectivity index is 0.00000364. The minimum Gasteiger partial charge on any atom is -0.356 e. The van der Waals surface area contributed by atoms with Gasteiger partial charge < -0.3 is 15.1 Å². The molecule has 27 heavy (non-hydrogen) atoms. The quantitative estimate of drug-likeness (QED) is 0.354. The molecule has 2 rings (SSSR count). The number of hydrogen-bond acceptors (Lipinski definition) is 2. The van der Waals surface area contributed by atoms with Crippen molar-refractivity contribution in [2.45, 2.75) is 33.1 Å². The third-order valence-electron chi connectivity index (χ3n) is 5.27. The number of halogens is 3. The second-order valence-corrected chi connectivity index (χ2v) is 7.08. The molecule has 1 aliphatic rings. The smallest absolute Gasteiger partial charge is 0.193 e. The van der Waals surface area contributed by atoms with Crippen LogP contribution in [0.2, 0.25) is 0 Å². The number of rotatable bonds is 7. The Morgan fingerprint density at radius 3 is 2.63 bits per heavy atom. The van der Waals surface area contributed by atoms with Gasteiger partial charge in [0.05, 0.1) is 0 Å². The largest absolute Gasteiger partial charge is 0.356 e. The van der Waals surface area contributed by atoms with Gasteiger partial charge >= 0.3 is 0 Å². The Hall–Kier alpha value is -0.960. The van der Waals surface area contributed by atoms with Crippen LogP contribution < -0.4 is 5.32 Å². The molecule has 2 atom stereocenters. The zero-order valence-corrected chi connectivity index (χ0v) is 19.2. The van der Waals surface area contributed by atoms with Crippen molar-refractivity contribution in [3.63, 3.8) is 0 Å². The van der Waals surface area contributed by atoms with Crippen molar-refractivity contribution in [3.8, 4) is 0 Å². The summed E-state index contributed by atoms with van der Waals surface area (Å²) < 4.78 is 27.0. The third-order valence-corrected chi connectivity index (χ3v) is 5.27. The van der Waals surface area contributed by atoms with Gasteiger partial charge in [-0.25, -0.2) is 8.78 Å². The Kier molecular flexibility index (Phi) is 10.5. The molecule has 0 spiro atoms. The van der Waals surface area contributed by atoms with Gasteiger partial charge in [0.15, 0.2) is 5.96 Å². The number of nitrogens with one attached hydrogen (secondary N) is 1. The van der Waals surface area contributed by atoms with Gasteiger partial charge in [0.25, 0.3) is 0 Å². The highest BCUT2D eigenvalue weighted by molar-refractivity contribution is 14.0. The van der Waals surface area contributed by atoms with E-state index < -0.39 is 11.6 Å². The van der Waals surface area contributed by atoms with Crippen LogP contribution in [0.15, 0.2) is 23.2 Å². The number of benzene rings is 1. The maximum Gasteiger partial charge on any atom is 0.193 e. The number of nitrogens with zero attached hydrogens (tertiary/aromatic N) is 3. The summed E-state index contributed by atoms with van der Waals surface area (Å²) in [6.07, 6.45) is 1.17. The van der Waals surface area contributed by atoms with Crippen LogP contribution in [-0.4, -0.2) is 62.1 Å². The van der Waals surface area contributed by atoms with Gasteiger partial charge in [-0.1, -0.05) is 26.8 Å². The van der Waals surface area contributed by atoms with Crippen molar-refractivity contribution in [1.29, 1.82) is 0 Å². The molecule has 1 aromatic carbocycles. The summed E-state index contributed by atoms with van der Waals surface area (Å²) in [6, 6.07) is 3.77. The first-order valence-corrected chi connectivity index (χ1v) is 9.61. The summed E-state index contributed by atoms with van der Waals surface area (Å²) in [4.78, 5) is 9.13. The van der Waals surface area contributed by atoms with E-state index in [0.29, 0.717) is 18.0 Å². The second-order valence-electron chi connectivity index (χ2n) is 7.08. The highest BCUT2D eigenvalue weighted by Gasteiger charge is 2.26. The molecule has 0 saturated carbocycles. The van der Waals surface area contributed by atoms with E-state index in [1.54, 1.807) is 7.05 Å². The molecule has 4 nitrogen and oxygen atoms in total. The molecule has 0 aromatic heterocycles. The fourth-order valence-corrected chi connectivity index (χ4v) is 3.61. The average Bonchev–Trinajstić information content (AvgIpc) is 3.08. The van der Waals surface area contributed by atoms with E-state index in [4.69, 9.17) is 0 Å². The molecule has 1 N–H and O–H groups in total. The number of likely N-dealkylation sites (tertiary alicyclic amines) is 1. The van der Waals surface area contributed by atoms with Gasteiger partial charge in [-0.3, -0.25) is 4.99 Å². The topological polar surface area (TPSA) is 30.9 Å². The predicted molar refractivity (Wildman–Crippen MR) is 119 cm³/mol. The maximum atomic E-state index is 13.9. The molecular formula is C20H33F2IN4. The van der Waals surface area contributed by atoms with E-state index in [2.05, 4.69) is 34.0 Å². The lowest BCUT2D eigenvalue weighted by Crippen LogP contribution is -2.42. The van der Waals surface area contributed by atoms with Gasteiger partial charge in [-0.15, -0.1) is 24.0 Å². The fraction of sp³-hybridized carbons (Fsp3) is 0.650. The molecular weight excluding hydrogens is 461 g/mol. The summed E-state index contributed by atoms with van der Waals surface area (Å²) in [6.45, 7) is 12.2. The van der Waals surface area contributed by atoms with Gasteiger partial charge in [0, 0.05) is 45.2 Å². The van der Waals surface area contributed by atoms with Crippen LogP contribution in [0.25, 0.3) is 0 Å². The van der Waals surface area contributed by atoms with Gasteiger partial charge in [-0.05, 0) is 37.1 Å². The average molecular weight is 494 g/mol. The van der Waals surface area contributed by atoms with Crippen molar-refractivity contribution in [3.05, 3.63) is 35.4 Å². The van der Waals surface area contributed by atoms with Crippen molar-refractivity contribution in [2.75, 3.05) is 46.3 Å². The van der Waals surface area contributed by atoms with Crippen LogP contribution in [-0.2, 0) is 0 Å². The molecule has 1 aromatic rings. The molecule has 7 heteroatoms. The van der Waals surface area contributed by atoms with Gasteiger partial charge in [0.1, 0.15) is 11.6 Å². The van der Waals surface area contributed by atoms with Crippen molar-refractivity contribution in [2.24, 2.45) is 10.9 Å². The Labute approximate surface area is 179 Å². The summed E-state index contributed by atoms with van der Waals surface area (Å²) in [5.74, 6) is 0.413. The summed E-state index contributed by atoms with van der Waals surface area (Å²) in [5.41, 5.74) is 0.523. The molecule has 0 amide bonds. The first-order chi connectivity index (χ1) is 12.5. The summed E-state index contributed by atoms with van der Waals surface area (Å²) in [7, 11) is 1.78. The number of guanidine groups is 1. The van der Waals surface area contributed by atoms with E-state index in [9.17, 15) is 8.78 Å². The Morgan fingerprint density at radius 2 is 2.04 bits per heavy atom. The Morgan fingerprint density at radius 1 is 1.33 bits per heavy atom. The summed E-state index contributed by atoms with van der Waals surface area (Å²) in [5, 5.41) is 3.36. The van der Waals surface area contributed by atoms with E-state index in [1.165, 1.54) is 18.6 Å². The highest BCUT2D eigenvalue weighted by atomic mass is 127. The van der Waals surface area contributed by atoms with Gasteiger partial charge in [-0.2, -0.15) is 0 Å². The van der Waals surface area contributed by atoms with Crippen LogP contribution in [0.5, 0.6) is 0 Å². The molecule has 1 saturated heterocycles. The normalized spacial score (nSPS) is 18.6. The van der Waals surface area contributed by atoms with Gasteiger partial charge in [0.2, 0.25) is 0 Å². The minimum atomic E-state index is -0.543. The molecule has 1 fully saturated rings. The van der Waals surface area contributed by atoms with Crippen LogP contribution in [0.3, 0.4) is 0 Å².